The van der Waals surface area contributed by atoms with Gasteiger partial charge in [0.05, 0.1) is 22.2 Å². The van der Waals surface area contributed by atoms with Crippen LogP contribution in [-0.2, 0) is 22.8 Å². The van der Waals surface area contributed by atoms with E-state index in [0.29, 0.717) is 33.2 Å². The Bertz CT molecular complexity index is 1010. The first-order valence-electron chi connectivity index (χ1n) is 9.08. The van der Waals surface area contributed by atoms with E-state index in [1.54, 1.807) is 42.1 Å². The van der Waals surface area contributed by atoms with Crippen molar-refractivity contribution in [3.8, 4) is 0 Å². The van der Waals surface area contributed by atoms with E-state index in [9.17, 15) is 9.18 Å². The average molecular weight is 485 g/mol. The lowest BCUT2D eigenvalue weighted by Crippen LogP contribution is -2.15. The maximum Gasteiger partial charge on any atom is 0.234 e. The van der Waals surface area contributed by atoms with E-state index in [1.807, 2.05) is 11.5 Å². The van der Waals surface area contributed by atoms with Crippen LogP contribution < -0.4 is 5.32 Å². The number of carbonyl (C=O) groups is 1. The van der Waals surface area contributed by atoms with Gasteiger partial charge >= 0.3 is 0 Å². The fourth-order valence-corrected chi connectivity index (χ4v) is 4.69. The number of hydrogen-bond acceptors (Lipinski definition) is 5. The Hall–Kier alpha value is -1.74. The van der Waals surface area contributed by atoms with Crippen molar-refractivity contribution in [2.75, 3.05) is 11.1 Å². The molecule has 0 spiro atoms. The fraction of sp³-hybridized carbons (Fsp3) is 0.250. The Morgan fingerprint density at radius 2 is 1.90 bits per heavy atom. The third-order valence-electron chi connectivity index (χ3n) is 4.06. The molecule has 5 nitrogen and oxygen atoms in total. The van der Waals surface area contributed by atoms with Crippen molar-refractivity contribution in [1.82, 2.24) is 14.8 Å². The van der Waals surface area contributed by atoms with Gasteiger partial charge in [0.15, 0.2) is 5.16 Å². The summed E-state index contributed by atoms with van der Waals surface area (Å²) in [7, 11) is 0. The number of hydrogen-bond donors (Lipinski definition) is 1. The summed E-state index contributed by atoms with van der Waals surface area (Å²) in [6, 6.07) is 11.4. The molecule has 0 radical (unpaired) electrons. The SMILES string of the molecule is CCn1c(CSCc2ccc(F)cc2)nnc1SCC(=O)Nc1cc(Cl)ccc1Cl. The van der Waals surface area contributed by atoms with Crippen molar-refractivity contribution in [3.63, 3.8) is 0 Å². The number of anilines is 1. The predicted octanol–water partition coefficient (Wildman–Crippen LogP) is 5.91. The smallest absolute Gasteiger partial charge is 0.234 e. The molecule has 1 N–H and O–H groups in total. The highest BCUT2D eigenvalue weighted by atomic mass is 35.5. The first-order valence-corrected chi connectivity index (χ1v) is 12.0. The molecule has 3 rings (SSSR count). The number of carbonyl (C=O) groups excluding carboxylic acids is 1. The summed E-state index contributed by atoms with van der Waals surface area (Å²) >= 11 is 15.0. The van der Waals surface area contributed by atoms with Crippen LogP contribution in [0.15, 0.2) is 47.6 Å². The maximum absolute atomic E-state index is 13.0. The summed E-state index contributed by atoms with van der Waals surface area (Å²) in [5, 5.41) is 12.8. The second-order valence-corrected chi connectivity index (χ2v) is 9.00. The van der Waals surface area contributed by atoms with E-state index in [1.165, 1.54) is 23.9 Å². The minimum Gasteiger partial charge on any atom is -0.324 e. The number of aromatic nitrogens is 3. The molecule has 0 bridgehead atoms. The van der Waals surface area contributed by atoms with E-state index in [0.717, 1.165) is 17.1 Å². The van der Waals surface area contributed by atoms with Crippen molar-refractivity contribution < 1.29 is 9.18 Å². The maximum atomic E-state index is 13.0. The minimum absolute atomic E-state index is 0.170. The number of benzene rings is 2. The normalized spacial score (nSPS) is 10.9. The molecule has 0 fully saturated rings. The molecule has 1 heterocycles. The third kappa shape index (κ3) is 6.38. The standard InChI is InChI=1S/C20H19Cl2FN4OS2/c1-2-27-18(11-29-10-13-3-6-15(23)7-4-13)25-26-20(27)30-12-19(28)24-17-9-14(21)5-8-16(17)22/h3-9H,2,10-12H2,1H3,(H,24,28). The van der Waals surface area contributed by atoms with Gasteiger partial charge in [-0.05, 0) is 42.8 Å². The van der Waals surface area contributed by atoms with E-state index < -0.39 is 0 Å². The molecule has 0 saturated carbocycles. The van der Waals surface area contributed by atoms with Gasteiger partial charge in [-0.15, -0.1) is 22.0 Å². The molecule has 10 heteroatoms. The van der Waals surface area contributed by atoms with Crippen molar-refractivity contribution in [2.24, 2.45) is 0 Å². The van der Waals surface area contributed by atoms with Gasteiger partial charge in [0, 0.05) is 17.3 Å². The largest absolute Gasteiger partial charge is 0.324 e. The highest BCUT2D eigenvalue weighted by Gasteiger charge is 2.14. The summed E-state index contributed by atoms with van der Waals surface area (Å²) in [5.74, 6) is 1.99. The molecule has 0 aliphatic heterocycles. The van der Waals surface area contributed by atoms with E-state index in [4.69, 9.17) is 23.2 Å². The quantitative estimate of drug-likeness (QED) is 0.382. The first kappa shape index (κ1) is 22.9. The highest BCUT2D eigenvalue weighted by molar-refractivity contribution is 7.99. The van der Waals surface area contributed by atoms with Crippen LogP contribution in [0.4, 0.5) is 10.1 Å². The second-order valence-electron chi connectivity index (χ2n) is 6.22. The van der Waals surface area contributed by atoms with Crippen molar-refractivity contribution in [3.05, 3.63) is 69.7 Å². The van der Waals surface area contributed by atoms with E-state index >= 15 is 0 Å². The van der Waals surface area contributed by atoms with Gasteiger partial charge in [-0.2, -0.15) is 0 Å². The van der Waals surface area contributed by atoms with Crippen LogP contribution in [0.1, 0.15) is 18.3 Å². The number of rotatable bonds is 9. The molecule has 0 unspecified atom stereocenters. The number of thioether (sulfide) groups is 2. The summed E-state index contributed by atoms with van der Waals surface area (Å²) in [5.41, 5.74) is 1.53. The molecule has 0 aliphatic carbocycles. The molecule has 2 aromatic carbocycles. The molecule has 30 heavy (non-hydrogen) atoms. The third-order valence-corrected chi connectivity index (χ3v) is 6.59. The lowest BCUT2D eigenvalue weighted by molar-refractivity contribution is -0.113. The van der Waals surface area contributed by atoms with Crippen LogP contribution in [0, 0.1) is 5.82 Å². The van der Waals surface area contributed by atoms with Gasteiger partial charge in [0.2, 0.25) is 5.91 Å². The van der Waals surface area contributed by atoms with Crippen LogP contribution in [0.2, 0.25) is 10.0 Å². The molecule has 0 aliphatic rings. The Balaban J connectivity index is 1.53. The molecule has 158 valence electrons. The summed E-state index contributed by atoms with van der Waals surface area (Å²) < 4.78 is 15.0. The van der Waals surface area contributed by atoms with Gasteiger partial charge < -0.3 is 9.88 Å². The van der Waals surface area contributed by atoms with Crippen LogP contribution in [0.25, 0.3) is 0 Å². The zero-order chi connectivity index (χ0) is 21.5. The van der Waals surface area contributed by atoms with Gasteiger partial charge in [-0.1, -0.05) is 47.1 Å². The molecule has 1 aromatic heterocycles. The predicted molar refractivity (Wildman–Crippen MR) is 123 cm³/mol. The zero-order valence-electron chi connectivity index (χ0n) is 16.1. The summed E-state index contributed by atoms with van der Waals surface area (Å²) in [4.78, 5) is 12.3. The molecule has 1 amide bonds. The lowest BCUT2D eigenvalue weighted by atomic mass is 10.2. The van der Waals surface area contributed by atoms with Crippen LogP contribution in [0.3, 0.4) is 0 Å². The van der Waals surface area contributed by atoms with Crippen LogP contribution >= 0.6 is 46.7 Å². The Morgan fingerprint density at radius 1 is 1.13 bits per heavy atom. The Labute approximate surface area is 192 Å². The van der Waals surface area contributed by atoms with E-state index in [-0.39, 0.29) is 17.5 Å². The van der Waals surface area contributed by atoms with Crippen LogP contribution in [0.5, 0.6) is 0 Å². The van der Waals surface area contributed by atoms with Gasteiger partial charge in [-0.3, -0.25) is 4.79 Å². The number of amides is 1. The molecule has 0 atom stereocenters. The van der Waals surface area contributed by atoms with Gasteiger partial charge in [-0.25, -0.2) is 4.39 Å². The molecule has 3 aromatic rings. The summed E-state index contributed by atoms with van der Waals surface area (Å²) in [6.45, 7) is 2.71. The monoisotopic (exact) mass is 484 g/mol. The highest BCUT2D eigenvalue weighted by Crippen LogP contribution is 2.26. The Kier molecular flexibility index (Phi) is 8.44. The number of halogens is 3. The minimum atomic E-state index is -0.238. The first-order chi connectivity index (χ1) is 14.5. The zero-order valence-corrected chi connectivity index (χ0v) is 19.2. The topological polar surface area (TPSA) is 59.8 Å². The fourth-order valence-electron chi connectivity index (χ4n) is 2.60. The average Bonchev–Trinajstić information content (AvgIpc) is 3.12. The van der Waals surface area contributed by atoms with Crippen molar-refractivity contribution in [1.29, 1.82) is 0 Å². The van der Waals surface area contributed by atoms with Gasteiger partial charge in [0.25, 0.3) is 0 Å². The molecular weight excluding hydrogens is 466 g/mol. The second kappa shape index (κ2) is 11.0. The van der Waals surface area contributed by atoms with E-state index in [2.05, 4.69) is 15.5 Å². The van der Waals surface area contributed by atoms with Crippen molar-refractivity contribution in [2.45, 2.75) is 30.1 Å². The Morgan fingerprint density at radius 3 is 2.63 bits per heavy atom. The van der Waals surface area contributed by atoms with Gasteiger partial charge in [0.1, 0.15) is 11.6 Å². The molecule has 0 saturated heterocycles. The number of nitrogens with zero attached hydrogens (tertiary/aromatic N) is 3. The number of nitrogens with one attached hydrogen (secondary N) is 1. The summed E-state index contributed by atoms with van der Waals surface area (Å²) in [6.07, 6.45) is 0. The molecular formula is C20H19Cl2FN4OS2. The van der Waals surface area contributed by atoms with Crippen LogP contribution in [-0.4, -0.2) is 26.4 Å². The lowest BCUT2D eigenvalue weighted by Gasteiger charge is -2.09. The van der Waals surface area contributed by atoms with Crippen molar-refractivity contribution >= 4 is 58.3 Å².